The van der Waals surface area contributed by atoms with E-state index in [-0.39, 0.29) is 22.3 Å². The highest BCUT2D eigenvalue weighted by Crippen LogP contribution is 2.41. The van der Waals surface area contributed by atoms with Crippen molar-refractivity contribution in [3.63, 3.8) is 0 Å². The molecule has 1 rings (SSSR count). The second-order valence-electron chi connectivity index (χ2n) is 10.2. The summed E-state index contributed by atoms with van der Waals surface area (Å²) >= 11 is 0. The van der Waals surface area contributed by atoms with Crippen LogP contribution >= 0.6 is 0 Å². The maximum absolute atomic E-state index is 12.8. The highest BCUT2D eigenvalue weighted by molar-refractivity contribution is 6.80. The Morgan fingerprint density at radius 3 is 1.62 bits per heavy atom. The van der Waals surface area contributed by atoms with Gasteiger partial charge in [0.05, 0.1) is 8.07 Å². The van der Waals surface area contributed by atoms with Crippen LogP contribution in [0.4, 0.5) is 0 Å². The molecule has 0 saturated heterocycles. The van der Waals surface area contributed by atoms with Crippen LogP contribution < -0.4 is 4.74 Å². The summed E-state index contributed by atoms with van der Waals surface area (Å²) in [5.74, 6) is 0.685. The molecule has 0 N–H and O–H groups in total. The third-order valence-corrected chi connectivity index (χ3v) is 7.54. The standard InChI is InChI=1S/C21H36O2Si/c1-14-12-16(20(3,4)5)18(17(13-14)21(6,7)8)23-19(22)15(2)24(9,10)11/h12-13,15H,1-11H3. The Kier molecular flexibility index (Phi) is 5.82. The first-order valence-corrected chi connectivity index (χ1v) is 12.5. The zero-order valence-corrected chi connectivity index (χ0v) is 18.5. The molecule has 0 saturated carbocycles. The first kappa shape index (κ1) is 21.0. The van der Waals surface area contributed by atoms with E-state index in [1.165, 1.54) is 5.56 Å². The highest BCUT2D eigenvalue weighted by atomic mass is 28.3. The van der Waals surface area contributed by atoms with Crippen molar-refractivity contribution in [2.75, 3.05) is 0 Å². The minimum Gasteiger partial charge on any atom is -0.426 e. The Morgan fingerprint density at radius 1 is 0.958 bits per heavy atom. The van der Waals surface area contributed by atoms with Gasteiger partial charge in [0.1, 0.15) is 5.75 Å². The molecule has 1 unspecified atom stereocenters. The molecule has 1 aromatic rings. The number of esters is 1. The van der Waals surface area contributed by atoms with Crippen LogP contribution in [-0.4, -0.2) is 14.0 Å². The third kappa shape index (κ3) is 4.95. The van der Waals surface area contributed by atoms with Gasteiger partial charge in [-0.05, 0) is 17.8 Å². The summed E-state index contributed by atoms with van der Waals surface area (Å²) in [5.41, 5.74) is 3.25. The van der Waals surface area contributed by atoms with Gasteiger partial charge >= 0.3 is 5.97 Å². The Balaban J connectivity index is 3.52. The largest absolute Gasteiger partial charge is 0.426 e. The van der Waals surface area contributed by atoms with Crippen molar-refractivity contribution in [3.8, 4) is 5.75 Å². The second kappa shape index (κ2) is 6.66. The normalized spacial score (nSPS) is 14.5. The first-order chi connectivity index (χ1) is 10.5. The summed E-state index contributed by atoms with van der Waals surface area (Å²) in [6.45, 7) is 23.8. The molecule has 0 aliphatic carbocycles. The molecule has 136 valence electrons. The number of hydrogen-bond acceptors (Lipinski definition) is 2. The maximum atomic E-state index is 12.8. The van der Waals surface area contributed by atoms with Crippen molar-refractivity contribution in [2.24, 2.45) is 0 Å². The quantitative estimate of drug-likeness (QED) is 0.368. The molecule has 3 heteroatoms. The first-order valence-electron chi connectivity index (χ1n) is 8.92. The molecule has 0 aliphatic heterocycles. The van der Waals surface area contributed by atoms with Gasteiger partial charge in [0.25, 0.3) is 0 Å². The van der Waals surface area contributed by atoms with E-state index in [0.29, 0.717) is 0 Å². The fraction of sp³-hybridized carbons (Fsp3) is 0.667. The van der Waals surface area contributed by atoms with Gasteiger partial charge in [0.2, 0.25) is 0 Å². The predicted octanol–water partition coefficient (Wildman–Crippen LogP) is 6.22. The molecule has 0 aromatic heterocycles. The molecule has 0 spiro atoms. The zero-order valence-electron chi connectivity index (χ0n) is 17.5. The van der Waals surface area contributed by atoms with Crippen LogP contribution in [0.1, 0.15) is 65.2 Å². The lowest BCUT2D eigenvalue weighted by molar-refractivity contribution is -0.134. The minimum absolute atomic E-state index is 0.0283. The molecule has 0 fully saturated rings. The van der Waals surface area contributed by atoms with Crippen LogP contribution in [-0.2, 0) is 15.6 Å². The van der Waals surface area contributed by atoms with Crippen molar-refractivity contribution in [1.82, 2.24) is 0 Å². The van der Waals surface area contributed by atoms with E-state index in [1.807, 2.05) is 6.92 Å². The lowest BCUT2D eigenvalue weighted by Gasteiger charge is -2.31. The fourth-order valence-electron chi connectivity index (χ4n) is 2.54. The van der Waals surface area contributed by atoms with Crippen LogP contribution in [0.2, 0.25) is 25.2 Å². The van der Waals surface area contributed by atoms with E-state index in [2.05, 4.69) is 80.2 Å². The molecule has 1 atom stereocenters. The number of carbonyl (C=O) groups is 1. The molecule has 0 radical (unpaired) electrons. The Bertz CT molecular complexity index is 575. The number of ether oxygens (including phenoxy) is 1. The summed E-state index contributed by atoms with van der Waals surface area (Å²) in [5, 5.41) is 0. The summed E-state index contributed by atoms with van der Waals surface area (Å²) in [7, 11) is -1.59. The number of aryl methyl sites for hydroxylation is 1. The van der Waals surface area contributed by atoms with Crippen molar-refractivity contribution >= 4 is 14.0 Å². The van der Waals surface area contributed by atoms with E-state index < -0.39 is 8.07 Å². The van der Waals surface area contributed by atoms with Crippen LogP contribution in [0.25, 0.3) is 0 Å². The highest BCUT2D eigenvalue weighted by Gasteiger charge is 2.34. The summed E-state index contributed by atoms with van der Waals surface area (Å²) in [6.07, 6.45) is 0. The molecule has 24 heavy (non-hydrogen) atoms. The van der Waals surface area contributed by atoms with Crippen LogP contribution in [0.5, 0.6) is 5.75 Å². The average Bonchev–Trinajstić information content (AvgIpc) is 2.35. The van der Waals surface area contributed by atoms with E-state index in [1.54, 1.807) is 0 Å². The molecule has 0 aliphatic rings. The maximum Gasteiger partial charge on any atom is 0.311 e. The molecular formula is C21H36O2Si. The lowest BCUT2D eigenvalue weighted by atomic mass is 9.78. The SMILES string of the molecule is Cc1cc(C(C)(C)C)c(OC(=O)C(C)[Si](C)(C)C)c(C(C)(C)C)c1. The Morgan fingerprint density at radius 2 is 1.33 bits per heavy atom. The van der Waals surface area contributed by atoms with Gasteiger partial charge in [0, 0.05) is 16.7 Å². The van der Waals surface area contributed by atoms with Crippen LogP contribution in [0.15, 0.2) is 12.1 Å². The predicted molar refractivity (Wildman–Crippen MR) is 107 cm³/mol. The van der Waals surface area contributed by atoms with Crippen molar-refractivity contribution in [2.45, 2.75) is 91.4 Å². The monoisotopic (exact) mass is 348 g/mol. The van der Waals surface area contributed by atoms with Crippen molar-refractivity contribution in [3.05, 3.63) is 28.8 Å². The van der Waals surface area contributed by atoms with Gasteiger partial charge in [-0.15, -0.1) is 0 Å². The molecule has 0 amide bonds. The lowest BCUT2D eigenvalue weighted by Crippen LogP contribution is -2.35. The summed E-state index contributed by atoms with van der Waals surface area (Å²) in [6, 6.07) is 4.33. The molecular weight excluding hydrogens is 312 g/mol. The molecule has 0 bridgehead atoms. The van der Waals surface area contributed by atoms with Gasteiger partial charge in [-0.2, -0.15) is 0 Å². The number of hydrogen-bond donors (Lipinski definition) is 0. The van der Waals surface area contributed by atoms with Gasteiger partial charge in [-0.1, -0.05) is 85.8 Å². The smallest absolute Gasteiger partial charge is 0.311 e. The summed E-state index contributed by atoms with van der Waals surface area (Å²) < 4.78 is 6.07. The molecule has 2 nitrogen and oxygen atoms in total. The summed E-state index contributed by atoms with van der Waals surface area (Å²) in [4.78, 5) is 12.8. The second-order valence-corrected chi connectivity index (χ2v) is 15.8. The van der Waals surface area contributed by atoms with Gasteiger partial charge in [-0.25, -0.2) is 0 Å². The number of rotatable bonds is 3. The van der Waals surface area contributed by atoms with E-state index in [4.69, 9.17) is 4.74 Å². The zero-order chi connectivity index (χ0) is 19.1. The Hall–Kier alpha value is -1.09. The van der Waals surface area contributed by atoms with Crippen molar-refractivity contribution < 1.29 is 9.53 Å². The third-order valence-electron chi connectivity index (χ3n) is 4.70. The van der Waals surface area contributed by atoms with Crippen molar-refractivity contribution in [1.29, 1.82) is 0 Å². The number of carbonyl (C=O) groups excluding carboxylic acids is 1. The van der Waals surface area contributed by atoms with Gasteiger partial charge < -0.3 is 4.74 Å². The molecule has 1 aromatic carbocycles. The van der Waals surface area contributed by atoms with E-state index in [9.17, 15) is 4.79 Å². The molecule has 0 heterocycles. The average molecular weight is 349 g/mol. The minimum atomic E-state index is -1.59. The van der Waals surface area contributed by atoms with Gasteiger partial charge in [0.15, 0.2) is 0 Å². The van der Waals surface area contributed by atoms with E-state index in [0.717, 1.165) is 16.9 Å². The van der Waals surface area contributed by atoms with Crippen LogP contribution in [0, 0.1) is 6.92 Å². The van der Waals surface area contributed by atoms with Crippen LogP contribution in [0.3, 0.4) is 0 Å². The number of benzene rings is 1. The fourth-order valence-corrected chi connectivity index (χ4v) is 3.31. The topological polar surface area (TPSA) is 26.3 Å². The van der Waals surface area contributed by atoms with E-state index >= 15 is 0 Å². The Labute approximate surface area is 150 Å². The van der Waals surface area contributed by atoms with Gasteiger partial charge in [-0.3, -0.25) is 4.79 Å².